The lowest BCUT2D eigenvalue weighted by molar-refractivity contribution is 0.408. The lowest BCUT2D eigenvalue weighted by Gasteiger charge is -2.06. The zero-order valence-electron chi connectivity index (χ0n) is 15.7. The van der Waals surface area contributed by atoms with E-state index in [1.807, 2.05) is 6.92 Å². The second kappa shape index (κ2) is 8.15. The molecule has 0 saturated heterocycles. The summed E-state index contributed by atoms with van der Waals surface area (Å²) in [5, 5.41) is 27.2. The van der Waals surface area contributed by atoms with Crippen LogP contribution in [0.5, 0.6) is 11.6 Å². The maximum Gasteiger partial charge on any atom is 0.238 e. The summed E-state index contributed by atoms with van der Waals surface area (Å²) in [6.45, 7) is 2.39. The molecule has 4 N–H and O–H groups in total. The maximum atomic E-state index is 11.5. The third-order valence-corrected chi connectivity index (χ3v) is 5.28. The Balaban J connectivity index is 1.92. The normalized spacial score (nSPS) is 11.8. The van der Waals surface area contributed by atoms with Gasteiger partial charge in [-0.05, 0) is 43.4 Å². The Morgan fingerprint density at radius 1 is 1.31 bits per heavy atom. The lowest BCUT2D eigenvalue weighted by atomic mass is 10.2. The zero-order chi connectivity index (χ0) is 21.2. The van der Waals surface area contributed by atoms with E-state index in [1.54, 1.807) is 35.9 Å². The molecule has 1 heterocycles. The smallest absolute Gasteiger partial charge is 0.238 e. The fourth-order valence-corrected chi connectivity index (χ4v) is 3.63. The van der Waals surface area contributed by atoms with Crippen molar-refractivity contribution in [3.05, 3.63) is 42.5 Å². The molecule has 0 saturated carbocycles. The minimum absolute atomic E-state index is 0.0173. The Labute approximate surface area is 172 Å². The van der Waals surface area contributed by atoms with Crippen molar-refractivity contribution in [2.24, 2.45) is 15.4 Å². The number of rotatable bonds is 5. The third-order valence-electron chi connectivity index (χ3n) is 4.18. The summed E-state index contributed by atoms with van der Waals surface area (Å²) in [6, 6.07) is 11.2. The van der Waals surface area contributed by atoms with E-state index in [1.165, 1.54) is 18.2 Å². The first-order chi connectivity index (χ1) is 13.8. The summed E-state index contributed by atoms with van der Waals surface area (Å²) in [7, 11) is -2.29. The Hall–Kier alpha value is -3.02. The van der Waals surface area contributed by atoms with Gasteiger partial charge in [0.05, 0.1) is 17.5 Å². The summed E-state index contributed by atoms with van der Waals surface area (Å²) in [4.78, 5) is -0.0574. The first kappa shape index (κ1) is 20.7. The minimum Gasteiger partial charge on any atom is -0.495 e. The largest absolute Gasteiger partial charge is 0.495 e. The van der Waals surface area contributed by atoms with Crippen LogP contribution < -0.4 is 15.2 Å². The molecule has 0 radical (unpaired) electrons. The topological polar surface area (TPSA) is 131 Å². The van der Waals surface area contributed by atoms with Crippen molar-refractivity contribution < 1.29 is 18.3 Å². The number of ether oxygens (including phenoxy) is 1. The lowest BCUT2D eigenvalue weighted by Crippen LogP contribution is -2.13. The molecule has 29 heavy (non-hydrogen) atoms. The van der Waals surface area contributed by atoms with E-state index in [-0.39, 0.29) is 21.6 Å². The molecule has 0 amide bonds. The molecule has 0 atom stereocenters. The standard InChI is InChI=1S/C18H19N5O4S2/c1-3-23-16-13(8-5-9-14(16)27-2)15(17(23)24)21-22-18(28)20-11-6-4-7-12(10-11)29(19,25)26/h4-10,24H,3H2,1-2H3,(H,20,28)(H2,19,25,26). The molecule has 152 valence electrons. The molecular formula is C18H19N5O4S2. The Morgan fingerprint density at radius 2 is 2.03 bits per heavy atom. The Morgan fingerprint density at radius 3 is 2.69 bits per heavy atom. The van der Waals surface area contributed by atoms with Crippen LogP contribution in [0.4, 0.5) is 11.4 Å². The van der Waals surface area contributed by atoms with Gasteiger partial charge in [0.25, 0.3) is 0 Å². The predicted molar refractivity (Wildman–Crippen MR) is 114 cm³/mol. The number of nitrogens with two attached hydrogens (primary N) is 1. The van der Waals surface area contributed by atoms with E-state index in [9.17, 15) is 13.5 Å². The first-order valence-corrected chi connectivity index (χ1v) is 10.5. The number of anilines is 1. The van der Waals surface area contributed by atoms with Gasteiger partial charge in [-0.25, -0.2) is 13.6 Å². The quantitative estimate of drug-likeness (QED) is 0.417. The van der Waals surface area contributed by atoms with Crippen molar-refractivity contribution >= 4 is 49.6 Å². The Bertz CT molecular complexity index is 1220. The molecular weight excluding hydrogens is 414 g/mol. The number of para-hydroxylation sites is 1. The molecule has 9 nitrogen and oxygen atoms in total. The van der Waals surface area contributed by atoms with Gasteiger partial charge >= 0.3 is 0 Å². The van der Waals surface area contributed by atoms with Crippen LogP contribution >= 0.6 is 12.2 Å². The average molecular weight is 434 g/mol. The van der Waals surface area contributed by atoms with Crippen LogP contribution in [0, 0.1) is 0 Å². The molecule has 0 unspecified atom stereocenters. The van der Waals surface area contributed by atoms with Gasteiger partial charge in [0, 0.05) is 17.6 Å². The number of methoxy groups -OCH3 is 1. The van der Waals surface area contributed by atoms with E-state index in [0.717, 1.165) is 0 Å². The molecule has 0 aliphatic heterocycles. The number of hydrogen-bond acceptors (Lipinski definition) is 6. The summed E-state index contributed by atoms with van der Waals surface area (Å²) in [5.41, 5.74) is 1.34. The number of nitrogens with one attached hydrogen (secondary N) is 1. The Kier molecular flexibility index (Phi) is 5.82. The second-order valence-corrected chi connectivity index (χ2v) is 7.92. The van der Waals surface area contributed by atoms with Crippen LogP contribution in [0.15, 0.2) is 57.6 Å². The number of sulfonamides is 1. The minimum atomic E-state index is -3.84. The number of aryl methyl sites for hydroxylation is 1. The van der Waals surface area contributed by atoms with Gasteiger partial charge in [-0.1, -0.05) is 18.2 Å². The van der Waals surface area contributed by atoms with Gasteiger partial charge < -0.3 is 19.7 Å². The number of aromatic nitrogens is 1. The van der Waals surface area contributed by atoms with E-state index >= 15 is 0 Å². The fourth-order valence-electron chi connectivity index (χ4n) is 2.91. The molecule has 11 heteroatoms. The monoisotopic (exact) mass is 433 g/mol. The number of benzene rings is 2. The van der Waals surface area contributed by atoms with Crippen molar-refractivity contribution in [2.45, 2.75) is 18.4 Å². The molecule has 0 bridgehead atoms. The molecule has 0 spiro atoms. The molecule has 2 aromatic carbocycles. The highest BCUT2D eigenvalue weighted by atomic mass is 32.2. The average Bonchev–Trinajstić information content (AvgIpc) is 2.96. The van der Waals surface area contributed by atoms with E-state index < -0.39 is 10.0 Å². The first-order valence-electron chi connectivity index (χ1n) is 8.50. The van der Waals surface area contributed by atoms with Gasteiger partial charge in [0.2, 0.25) is 21.0 Å². The maximum absolute atomic E-state index is 11.5. The number of primary sulfonamides is 1. The second-order valence-electron chi connectivity index (χ2n) is 5.98. The highest BCUT2D eigenvalue weighted by Gasteiger charge is 2.19. The molecule has 3 aromatic rings. The highest BCUT2D eigenvalue weighted by molar-refractivity contribution is 7.89. The van der Waals surface area contributed by atoms with Crippen LogP contribution in [0.25, 0.3) is 10.9 Å². The van der Waals surface area contributed by atoms with E-state index in [2.05, 4.69) is 15.5 Å². The fraction of sp³-hybridized carbons (Fsp3) is 0.167. The van der Waals surface area contributed by atoms with Crippen molar-refractivity contribution in [3.63, 3.8) is 0 Å². The number of thiocarbonyl (C=S) groups is 1. The van der Waals surface area contributed by atoms with Gasteiger partial charge in [0.15, 0.2) is 5.69 Å². The SMILES string of the molecule is CCn1c(O)c(N=NC(=S)Nc2cccc(S(N)(=O)=O)c2)c2cccc(OC)c21. The molecule has 3 rings (SSSR count). The third kappa shape index (κ3) is 4.21. The van der Waals surface area contributed by atoms with Crippen molar-refractivity contribution in [1.82, 2.24) is 4.57 Å². The predicted octanol–water partition coefficient (Wildman–Crippen LogP) is 3.50. The van der Waals surface area contributed by atoms with Crippen molar-refractivity contribution in [3.8, 4) is 11.6 Å². The van der Waals surface area contributed by atoms with Gasteiger partial charge in [-0.2, -0.15) is 0 Å². The number of aromatic hydroxyl groups is 1. The molecule has 0 fully saturated rings. The zero-order valence-corrected chi connectivity index (χ0v) is 17.3. The number of fused-ring (bicyclic) bond motifs is 1. The van der Waals surface area contributed by atoms with Crippen LogP contribution in [0.1, 0.15) is 6.92 Å². The van der Waals surface area contributed by atoms with Crippen LogP contribution in [-0.4, -0.2) is 30.3 Å². The van der Waals surface area contributed by atoms with Gasteiger partial charge in [-0.3, -0.25) is 0 Å². The van der Waals surface area contributed by atoms with Crippen molar-refractivity contribution in [1.29, 1.82) is 0 Å². The molecule has 1 aromatic heterocycles. The van der Waals surface area contributed by atoms with Crippen LogP contribution in [-0.2, 0) is 16.6 Å². The van der Waals surface area contributed by atoms with Crippen LogP contribution in [0.3, 0.4) is 0 Å². The van der Waals surface area contributed by atoms with Crippen LogP contribution in [0.2, 0.25) is 0 Å². The summed E-state index contributed by atoms with van der Waals surface area (Å²) in [5.74, 6) is 0.538. The number of nitrogens with zero attached hydrogens (tertiary/aromatic N) is 3. The van der Waals surface area contributed by atoms with Crippen molar-refractivity contribution in [2.75, 3.05) is 12.4 Å². The number of hydrogen-bond donors (Lipinski definition) is 3. The van der Waals surface area contributed by atoms with Gasteiger partial charge in [0.1, 0.15) is 5.75 Å². The summed E-state index contributed by atoms with van der Waals surface area (Å²) in [6.07, 6.45) is 0. The molecule has 0 aliphatic carbocycles. The highest BCUT2D eigenvalue weighted by Crippen LogP contribution is 2.42. The van der Waals surface area contributed by atoms with E-state index in [0.29, 0.717) is 28.9 Å². The molecule has 0 aliphatic rings. The number of azo groups is 1. The van der Waals surface area contributed by atoms with E-state index in [4.69, 9.17) is 22.1 Å². The summed E-state index contributed by atoms with van der Waals surface area (Å²) >= 11 is 5.16. The summed E-state index contributed by atoms with van der Waals surface area (Å²) < 4.78 is 30.0. The van der Waals surface area contributed by atoms with Gasteiger partial charge in [-0.15, -0.1) is 10.2 Å².